The lowest BCUT2D eigenvalue weighted by Gasteiger charge is -2.29. The minimum Gasteiger partial charge on any atom is -0.478 e. The third-order valence-electron chi connectivity index (χ3n) is 4.55. The van der Waals surface area contributed by atoms with Gasteiger partial charge < -0.3 is 19.7 Å². The Balaban J connectivity index is 1.53. The summed E-state index contributed by atoms with van der Waals surface area (Å²) in [6.07, 6.45) is -0.273. The Labute approximate surface area is 159 Å². The van der Waals surface area contributed by atoms with Crippen molar-refractivity contribution in [1.82, 2.24) is 5.32 Å². The molecule has 0 spiro atoms. The van der Waals surface area contributed by atoms with Crippen LogP contribution < -0.4 is 15.0 Å². The van der Waals surface area contributed by atoms with Crippen LogP contribution in [0.15, 0.2) is 48.5 Å². The normalized spacial score (nSPS) is 15.3. The van der Waals surface area contributed by atoms with Gasteiger partial charge in [-0.3, -0.25) is 4.79 Å². The van der Waals surface area contributed by atoms with Gasteiger partial charge in [0.1, 0.15) is 0 Å². The number of morpholine rings is 1. The number of nitrogens with one attached hydrogen (secondary N) is 1. The largest absolute Gasteiger partial charge is 0.478 e. The number of amides is 1. The second-order valence-electron chi connectivity index (χ2n) is 6.43. The van der Waals surface area contributed by atoms with Crippen molar-refractivity contribution in [3.05, 3.63) is 59.9 Å². The molecule has 0 radical (unpaired) electrons. The summed E-state index contributed by atoms with van der Waals surface area (Å²) in [5.41, 5.74) is 2.16. The molecule has 0 aromatic heterocycles. The number of anilines is 1. The molecule has 144 valence electrons. The van der Waals surface area contributed by atoms with Gasteiger partial charge in [-0.25, -0.2) is 4.39 Å². The highest BCUT2D eigenvalue weighted by molar-refractivity contribution is 5.81. The van der Waals surface area contributed by atoms with Gasteiger partial charge in [0.15, 0.2) is 17.7 Å². The molecule has 1 amide bonds. The van der Waals surface area contributed by atoms with Gasteiger partial charge >= 0.3 is 0 Å². The molecule has 2 aromatic carbocycles. The maximum atomic E-state index is 13.7. The van der Waals surface area contributed by atoms with Crippen LogP contribution in [0.1, 0.15) is 18.9 Å². The van der Waals surface area contributed by atoms with Crippen LogP contribution in [0.3, 0.4) is 0 Å². The third-order valence-corrected chi connectivity index (χ3v) is 4.55. The number of hydrogen-bond donors (Lipinski definition) is 1. The molecular formula is C21H25FN2O3. The summed E-state index contributed by atoms with van der Waals surface area (Å²) in [6, 6.07) is 14.2. The Bertz CT molecular complexity index is 745. The van der Waals surface area contributed by atoms with E-state index in [0.29, 0.717) is 13.0 Å². The molecule has 1 saturated heterocycles. The summed E-state index contributed by atoms with van der Waals surface area (Å²) in [7, 11) is 0. The molecular weight excluding hydrogens is 347 g/mol. The molecule has 1 heterocycles. The van der Waals surface area contributed by atoms with E-state index in [9.17, 15) is 9.18 Å². The summed E-state index contributed by atoms with van der Waals surface area (Å²) in [4.78, 5) is 14.7. The highest BCUT2D eigenvalue weighted by atomic mass is 19.1. The zero-order valence-corrected chi connectivity index (χ0v) is 15.5. The minimum atomic E-state index is -0.727. The van der Waals surface area contributed by atoms with E-state index in [-0.39, 0.29) is 11.7 Å². The number of ether oxygens (including phenoxy) is 2. The van der Waals surface area contributed by atoms with E-state index in [1.54, 1.807) is 12.1 Å². The SMILES string of the molecule is CCC(Oc1ccccc1F)C(=O)NCc1ccc(N2CCOCC2)cc1. The van der Waals surface area contributed by atoms with Gasteiger partial charge in [-0.05, 0) is 36.2 Å². The summed E-state index contributed by atoms with van der Waals surface area (Å²) in [5.74, 6) is -0.630. The molecule has 3 rings (SSSR count). The lowest BCUT2D eigenvalue weighted by Crippen LogP contribution is -2.37. The second kappa shape index (κ2) is 9.37. The van der Waals surface area contributed by atoms with E-state index >= 15 is 0 Å². The summed E-state index contributed by atoms with van der Waals surface area (Å²) in [6.45, 7) is 5.52. The zero-order valence-electron chi connectivity index (χ0n) is 15.5. The number of hydrogen-bond acceptors (Lipinski definition) is 4. The Morgan fingerprint density at radius 1 is 1.19 bits per heavy atom. The fraction of sp³-hybridized carbons (Fsp3) is 0.381. The molecule has 1 aliphatic heterocycles. The molecule has 2 aromatic rings. The van der Waals surface area contributed by atoms with Crippen molar-refractivity contribution < 1.29 is 18.7 Å². The molecule has 27 heavy (non-hydrogen) atoms. The van der Waals surface area contributed by atoms with Crippen LogP contribution in [-0.4, -0.2) is 38.3 Å². The lowest BCUT2D eigenvalue weighted by atomic mass is 10.1. The molecule has 1 atom stereocenters. The predicted octanol–water partition coefficient (Wildman–Crippen LogP) is 3.14. The van der Waals surface area contributed by atoms with E-state index in [2.05, 4.69) is 22.3 Å². The van der Waals surface area contributed by atoms with Gasteiger partial charge in [-0.1, -0.05) is 31.2 Å². The number of para-hydroxylation sites is 1. The Hall–Kier alpha value is -2.60. The summed E-state index contributed by atoms with van der Waals surface area (Å²) >= 11 is 0. The number of halogens is 1. The molecule has 0 saturated carbocycles. The van der Waals surface area contributed by atoms with Gasteiger partial charge in [0.2, 0.25) is 0 Å². The highest BCUT2D eigenvalue weighted by Crippen LogP contribution is 2.19. The summed E-state index contributed by atoms with van der Waals surface area (Å²) < 4.78 is 24.6. The van der Waals surface area contributed by atoms with Crippen molar-refractivity contribution >= 4 is 11.6 Å². The molecule has 1 aliphatic rings. The van der Waals surface area contributed by atoms with E-state index in [1.807, 2.05) is 19.1 Å². The van der Waals surface area contributed by atoms with Crippen LogP contribution in [0.5, 0.6) is 5.75 Å². The highest BCUT2D eigenvalue weighted by Gasteiger charge is 2.19. The van der Waals surface area contributed by atoms with Crippen molar-refractivity contribution in [2.45, 2.75) is 26.0 Å². The molecule has 0 bridgehead atoms. The molecule has 0 aliphatic carbocycles. The first kappa shape index (κ1) is 19.2. The molecule has 5 nitrogen and oxygen atoms in total. The van der Waals surface area contributed by atoms with E-state index in [4.69, 9.17) is 9.47 Å². The van der Waals surface area contributed by atoms with E-state index in [0.717, 1.165) is 37.6 Å². The van der Waals surface area contributed by atoms with Crippen LogP contribution in [0.2, 0.25) is 0 Å². The first-order chi connectivity index (χ1) is 13.2. The van der Waals surface area contributed by atoms with Crippen LogP contribution in [-0.2, 0) is 16.1 Å². The smallest absolute Gasteiger partial charge is 0.261 e. The monoisotopic (exact) mass is 372 g/mol. The van der Waals surface area contributed by atoms with Crippen molar-refractivity contribution in [3.8, 4) is 5.75 Å². The molecule has 1 unspecified atom stereocenters. The van der Waals surface area contributed by atoms with E-state index in [1.165, 1.54) is 12.1 Å². The predicted molar refractivity (Wildman–Crippen MR) is 102 cm³/mol. The van der Waals surface area contributed by atoms with Crippen molar-refractivity contribution in [1.29, 1.82) is 0 Å². The second-order valence-corrected chi connectivity index (χ2v) is 6.43. The van der Waals surface area contributed by atoms with Gasteiger partial charge in [0.25, 0.3) is 5.91 Å². The Morgan fingerprint density at radius 2 is 1.89 bits per heavy atom. The average molecular weight is 372 g/mol. The fourth-order valence-corrected chi connectivity index (χ4v) is 2.96. The third kappa shape index (κ3) is 5.20. The van der Waals surface area contributed by atoms with Gasteiger partial charge in [0.05, 0.1) is 13.2 Å². The van der Waals surface area contributed by atoms with Gasteiger partial charge in [0, 0.05) is 25.3 Å². The first-order valence-corrected chi connectivity index (χ1v) is 9.28. The molecule has 1 N–H and O–H groups in total. The van der Waals surface area contributed by atoms with Gasteiger partial charge in [-0.2, -0.15) is 0 Å². The molecule has 1 fully saturated rings. The Morgan fingerprint density at radius 3 is 2.56 bits per heavy atom. The standard InChI is InChI=1S/C21H25FN2O3/c1-2-19(27-20-6-4-3-5-18(20)22)21(25)23-15-16-7-9-17(10-8-16)24-11-13-26-14-12-24/h3-10,19H,2,11-15H2,1H3,(H,23,25). The molecule has 6 heteroatoms. The van der Waals surface area contributed by atoms with Crippen LogP contribution >= 0.6 is 0 Å². The Kier molecular flexibility index (Phi) is 6.65. The topological polar surface area (TPSA) is 50.8 Å². The van der Waals surface area contributed by atoms with Gasteiger partial charge in [-0.15, -0.1) is 0 Å². The number of rotatable bonds is 7. The number of nitrogens with zero attached hydrogens (tertiary/aromatic N) is 1. The lowest BCUT2D eigenvalue weighted by molar-refractivity contribution is -0.128. The quantitative estimate of drug-likeness (QED) is 0.811. The van der Waals surface area contributed by atoms with Crippen LogP contribution in [0.4, 0.5) is 10.1 Å². The average Bonchev–Trinajstić information content (AvgIpc) is 2.72. The van der Waals surface area contributed by atoms with E-state index < -0.39 is 11.9 Å². The first-order valence-electron chi connectivity index (χ1n) is 9.28. The summed E-state index contributed by atoms with van der Waals surface area (Å²) in [5, 5.41) is 2.87. The number of carbonyl (C=O) groups is 1. The minimum absolute atomic E-state index is 0.0920. The maximum Gasteiger partial charge on any atom is 0.261 e. The number of benzene rings is 2. The number of carbonyl (C=O) groups excluding carboxylic acids is 1. The fourth-order valence-electron chi connectivity index (χ4n) is 2.96. The van der Waals surface area contributed by atoms with Crippen molar-refractivity contribution in [2.75, 3.05) is 31.2 Å². The maximum absolute atomic E-state index is 13.7. The van der Waals surface area contributed by atoms with Crippen molar-refractivity contribution in [2.24, 2.45) is 0 Å². The zero-order chi connectivity index (χ0) is 19.1. The van der Waals surface area contributed by atoms with Crippen LogP contribution in [0, 0.1) is 5.82 Å². The van der Waals surface area contributed by atoms with Crippen molar-refractivity contribution in [3.63, 3.8) is 0 Å². The van der Waals surface area contributed by atoms with Crippen LogP contribution in [0.25, 0.3) is 0 Å².